The second-order valence-electron chi connectivity index (χ2n) is 8.60. The van der Waals surface area contributed by atoms with Crippen LogP contribution in [0.2, 0.25) is 0 Å². The molecule has 2 amide bonds. The molecule has 2 heterocycles. The highest BCUT2D eigenvalue weighted by molar-refractivity contribution is 6.15. The standard InChI is InChI=1S/C28H24N6O2.ClH/c29-16-21-6-4-19(5-7-21)14-20-8-10-24(11-9-20)33-12-13-34-26(28(33)36)25(18-31-34)27(35)32-23-3-1-2-22(15-23)17-30;/h1-11,15,18H,12-14,16,29H2,(H,32,35);1H. The summed E-state index contributed by atoms with van der Waals surface area (Å²) in [6.07, 6.45) is 2.20. The van der Waals surface area contributed by atoms with E-state index in [-0.39, 0.29) is 29.6 Å². The summed E-state index contributed by atoms with van der Waals surface area (Å²) in [5.74, 6) is -0.725. The van der Waals surface area contributed by atoms with Gasteiger partial charge in [0, 0.05) is 24.5 Å². The van der Waals surface area contributed by atoms with E-state index < -0.39 is 5.91 Å². The number of nitrogens with zero attached hydrogens (tertiary/aromatic N) is 4. The van der Waals surface area contributed by atoms with Crippen LogP contribution in [0.5, 0.6) is 0 Å². The Morgan fingerprint density at radius 1 is 1.00 bits per heavy atom. The van der Waals surface area contributed by atoms with Gasteiger partial charge in [-0.25, -0.2) is 0 Å². The van der Waals surface area contributed by atoms with E-state index in [0.29, 0.717) is 30.9 Å². The Hall–Kier alpha value is -4.45. The Morgan fingerprint density at radius 2 is 1.68 bits per heavy atom. The monoisotopic (exact) mass is 512 g/mol. The second kappa shape index (κ2) is 11.1. The fraction of sp³-hybridized carbons (Fsp3) is 0.143. The van der Waals surface area contributed by atoms with E-state index in [2.05, 4.69) is 22.5 Å². The van der Waals surface area contributed by atoms with Crippen LogP contribution in [0, 0.1) is 11.3 Å². The fourth-order valence-electron chi connectivity index (χ4n) is 4.30. The van der Waals surface area contributed by atoms with Gasteiger partial charge in [-0.2, -0.15) is 10.4 Å². The Morgan fingerprint density at radius 3 is 2.35 bits per heavy atom. The van der Waals surface area contributed by atoms with Crippen molar-refractivity contribution in [3.63, 3.8) is 0 Å². The van der Waals surface area contributed by atoms with E-state index in [1.54, 1.807) is 33.8 Å². The number of carbonyl (C=O) groups is 2. The van der Waals surface area contributed by atoms with Crippen LogP contribution in [0.4, 0.5) is 11.4 Å². The van der Waals surface area contributed by atoms with Crippen molar-refractivity contribution in [3.05, 3.63) is 113 Å². The topological polar surface area (TPSA) is 117 Å². The lowest BCUT2D eigenvalue weighted by molar-refractivity contribution is 0.0947. The van der Waals surface area contributed by atoms with Gasteiger partial charge in [-0.15, -0.1) is 12.4 Å². The van der Waals surface area contributed by atoms with Gasteiger partial charge in [0.15, 0.2) is 0 Å². The Kier molecular flexibility index (Phi) is 7.68. The predicted molar refractivity (Wildman–Crippen MR) is 144 cm³/mol. The fourth-order valence-corrected chi connectivity index (χ4v) is 4.30. The highest BCUT2D eigenvalue weighted by Gasteiger charge is 2.32. The average molecular weight is 513 g/mol. The van der Waals surface area contributed by atoms with Gasteiger partial charge in [-0.05, 0) is 53.4 Å². The molecule has 0 unspecified atom stereocenters. The molecule has 0 saturated carbocycles. The number of aromatic nitrogens is 2. The van der Waals surface area contributed by atoms with Crippen molar-refractivity contribution in [1.29, 1.82) is 5.26 Å². The highest BCUT2D eigenvalue weighted by Crippen LogP contribution is 2.25. The van der Waals surface area contributed by atoms with Gasteiger partial charge in [0.2, 0.25) is 0 Å². The maximum atomic E-state index is 13.4. The molecule has 0 radical (unpaired) electrons. The third-order valence-corrected chi connectivity index (χ3v) is 6.23. The molecule has 1 aliphatic rings. The Balaban J connectivity index is 0.00000320. The smallest absolute Gasteiger partial charge is 0.277 e. The molecule has 0 saturated heterocycles. The van der Waals surface area contributed by atoms with Gasteiger partial charge in [-0.1, -0.05) is 42.5 Å². The van der Waals surface area contributed by atoms with Crippen LogP contribution in [0.25, 0.3) is 0 Å². The van der Waals surface area contributed by atoms with Crippen LogP contribution in [0.3, 0.4) is 0 Å². The normalized spacial score (nSPS) is 12.3. The first-order valence-corrected chi connectivity index (χ1v) is 11.6. The molecule has 0 aliphatic carbocycles. The molecule has 4 aromatic rings. The van der Waals surface area contributed by atoms with Gasteiger partial charge in [0.05, 0.1) is 29.9 Å². The van der Waals surface area contributed by atoms with Gasteiger partial charge in [0.1, 0.15) is 5.69 Å². The SMILES string of the molecule is Cl.N#Cc1cccc(NC(=O)c2cnn3c2C(=O)N(c2ccc(Cc4ccc(CN)cc4)cc2)CC3)c1. The molecule has 186 valence electrons. The molecule has 8 nitrogen and oxygen atoms in total. The molecular weight excluding hydrogens is 488 g/mol. The summed E-state index contributed by atoms with van der Waals surface area (Å²) >= 11 is 0. The van der Waals surface area contributed by atoms with Crippen LogP contribution < -0.4 is 16.0 Å². The summed E-state index contributed by atoms with van der Waals surface area (Å²) < 4.78 is 1.57. The third-order valence-electron chi connectivity index (χ3n) is 6.23. The summed E-state index contributed by atoms with van der Waals surface area (Å²) in [5, 5.41) is 16.1. The largest absolute Gasteiger partial charge is 0.326 e. The van der Waals surface area contributed by atoms with Crippen LogP contribution in [0.1, 0.15) is 43.1 Å². The van der Waals surface area contributed by atoms with Gasteiger partial charge >= 0.3 is 0 Å². The number of hydrogen-bond donors (Lipinski definition) is 2. The number of anilines is 2. The molecule has 1 aromatic heterocycles. The van der Waals surface area contributed by atoms with E-state index in [4.69, 9.17) is 11.0 Å². The number of fused-ring (bicyclic) bond motifs is 1. The van der Waals surface area contributed by atoms with Crippen molar-refractivity contribution in [1.82, 2.24) is 9.78 Å². The lowest BCUT2D eigenvalue weighted by atomic mass is 10.0. The first kappa shape index (κ1) is 25.6. The summed E-state index contributed by atoms with van der Waals surface area (Å²) in [7, 11) is 0. The van der Waals surface area contributed by atoms with E-state index in [1.165, 1.54) is 11.8 Å². The molecule has 0 fully saturated rings. The maximum Gasteiger partial charge on any atom is 0.277 e. The minimum Gasteiger partial charge on any atom is -0.326 e. The number of benzene rings is 3. The van der Waals surface area contributed by atoms with Crippen LogP contribution in [-0.4, -0.2) is 28.1 Å². The van der Waals surface area contributed by atoms with Crippen LogP contribution in [-0.2, 0) is 19.5 Å². The summed E-state index contributed by atoms with van der Waals surface area (Å²) in [6.45, 7) is 1.46. The Labute approximate surface area is 220 Å². The average Bonchev–Trinajstić information content (AvgIpc) is 3.35. The van der Waals surface area contributed by atoms with Crippen molar-refractivity contribution < 1.29 is 9.59 Å². The predicted octanol–water partition coefficient (Wildman–Crippen LogP) is 4.14. The van der Waals surface area contributed by atoms with Crippen molar-refractivity contribution in [2.45, 2.75) is 19.5 Å². The third kappa shape index (κ3) is 5.38. The summed E-state index contributed by atoms with van der Waals surface area (Å²) in [5.41, 5.74) is 11.2. The number of hydrogen-bond acceptors (Lipinski definition) is 5. The van der Waals surface area contributed by atoms with Crippen LogP contribution in [0.15, 0.2) is 79.0 Å². The molecular formula is C28H25ClN6O2. The number of halogens is 1. The van der Waals surface area contributed by atoms with E-state index in [0.717, 1.165) is 23.2 Å². The maximum absolute atomic E-state index is 13.4. The lowest BCUT2D eigenvalue weighted by Gasteiger charge is -2.28. The highest BCUT2D eigenvalue weighted by atomic mass is 35.5. The quantitative estimate of drug-likeness (QED) is 0.402. The van der Waals surface area contributed by atoms with Crippen LogP contribution >= 0.6 is 12.4 Å². The summed E-state index contributed by atoms with van der Waals surface area (Å²) in [6, 6.07) is 24.8. The Bertz CT molecular complexity index is 1470. The minimum absolute atomic E-state index is 0. The van der Waals surface area contributed by atoms with E-state index >= 15 is 0 Å². The molecule has 3 N–H and O–H groups in total. The van der Waals surface area contributed by atoms with E-state index in [9.17, 15) is 9.59 Å². The number of rotatable bonds is 6. The zero-order valence-electron chi connectivity index (χ0n) is 19.9. The van der Waals surface area contributed by atoms with Crippen molar-refractivity contribution in [3.8, 4) is 6.07 Å². The summed E-state index contributed by atoms with van der Waals surface area (Å²) in [4.78, 5) is 28.1. The molecule has 1 aliphatic heterocycles. The number of nitriles is 1. The molecule has 5 rings (SSSR count). The number of nitrogens with one attached hydrogen (secondary N) is 1. The minimum atomic E-state index is -0.447. The zero-order chi connectivity index (χ0) is 25.1. The van der Waals surface area contributed by atoms with Gasteiger partial charge < -0.3 is 16.0 Å². The van der Waals surface area contributed by atoms with E-state index in [1.807, 2.05) is 42.5 Å². The molecule has 3 aromatic carbocycles. The molecule has 37 heavy (non-hydrogen) atoms. The molecule has 0 atom stereocenters. The first-order valence-electron chi connectivity index (χ1n) is 11.6. The molecule has 0 spiro atoms. The van der Waals surface area contributed by atoms with Gasteiger partial charge in [-0.3, -0.25) is 14.3 Å². The van der Waals surface area contributed by atoms with Crippen molar-refractivity contribution >= 4 is 35.6 Å². The molecule has 0 bridgehead atoms. The number of amides is 2. The first-order chi connectivity index (χ1) is 17.6. The number of nitrogens with two attached hydrogens (primary N) is 1. The lowest BCUT2D eigenvalue weighted by Crippen LogP contribution is -2.41. The molecule has 9 heteroatoms. The van der Waals surface area contributed by atoms with Crippen molar-refractivity contribution in [2.24, 2.45) is 5.73 Å². The number of carbonyl (C=O) groups excluding carboxylic acids is 2. The van der Waals surface area contributed by atoms with Crippen molar-refractivity contribution in [2.75, 3.05) is 16.8 Å². The zero-order valence-corrected chi connectivity index (χ0v) is 20.7. The van der Waals surface area contributed by atoms with Gasteiger partial charge in [0.25, 0.3) is 11.8 Å². The second-order valence-corrected chi connectivity index (χ2v) is 8.60.